The molecule has 1 N–H and O–H groups in total. The molecule has 1 aliphatic rings. The molecule has 0 bridgehead atoms. The van der Waals surface area contributed by atoms with Gasteiger partial charge in [0.2, 0.25) is 0 Å². The summed E-state index contributed by atoms with van der Waals surface area (Å²) < 4.78 is 53.8. The van der Waals surface area contributed by atoms with E-state index in [1.165, 1.54) is 0 Å². The predicted molar refractivity (Wildman–Crippen MR) is 136 cm³/mol. The van der Waals surface area contributed by atoms with E-state index in [1.807, 2.05) is 52.3 Å². The summed E-state index contributed by atoms with van der Waals surface area (Å²) in [7, 11) is -3.26. The highest BCUT2D eigenvalue weighted by atomic mass is 31.2. The summed E-state index contributed by atoms with van der Waals surface area (Å²) in [5, 5.41) is 8.96. The molecule has 37 heavy (non-hydrogen) atoms. The first-order chi connectivity index (χ1) is 17.6. The van der Waals surface area contributed by atoms with E-state index in [2.05, 4.69) is 4.98 Å². The van der Waals surface area contributed by atoms with Crippen molar-refractivity contribution in [1.82, 2.24) is 14.2 Å². The number of nitrogens with one attached hydrogen (secondary N) is 1. The summed E-state index contributed by atoms with van der Waals surface area (Å²) in [6, 6.07) is 3.08. The lowest BCUT2D eigenvalue weighted by Crippen LogP contribution is -2.39. The summed E-state index contributed by atoms with van der Waals surface area (Å²) in [6.45, 7) is 12.4. The second kappa shape index (κ2) is 15.9. The van der Waals surface area contributed by atoms with Crippen molar-refractivity contribution < 1.29 is 32.0 Å². The Morgan fingerprint density at radius 1 is 1.19 bits per heavy atom. The second-order valence-corrected chi connectivity index (χ2v) is 11.3. The normalized spacial score (nSPS) is 22.9. The molecule has 0 spiro atoms. The minimum absolute atomic E-state index is 0.0192. The lowest BCUT2D eigenvalue weighted by Gasteiger charge is -2.37. The zero-order valence-electron chi connectivity index (χ0n) is 22.0. The molecule has 5 unspecified atom stereocenters. The van der Waals surface area contributed by atoms with E-state index in [-0.39, 0.29) is 31.5 Å². The number of ether oxygens (including phenoxy) is 2. The standard InChI is InChI=1S/C22H37FN4O8P2/c1-7-31-36(32-8-2)14-30-21-19(18(23)20(34-21)26-12-10-17(28)25-22(26)29)35-37(33-13-9-11-24)27(15(3)4)16(5)6/h10,12,15-16,18-21H,7-9,13-14H2,1-6H3,(H,25,28,29). The Hall–Kier alpha value is -1.32. The molecule has 1 fully saturated rings. The molecule has 0 amide bonds. The van der Waals surface area contributed by atoms with Crippen LogP contribution in [0.4, 0.5) is 4.39 Å². The van der Waals surface area contributed by atoms with Gasteiger partial charge < -0.3 is 27.6 Å². The average Bonchev–Trinajstić information content (AvgIpc) is 3.12. The van der Waals surface area contributed by atoms with Crippen LogP contribution in [0, 0.1) is 11.3 Å². The highest BCUT2D eigenvalue weighted by molar-refractivity contribution is 7.47. The number of nitrogens with zero attached hydrogens (tertiary/aromatic N) is 3. The first-order valence-corrected chi connectivity index (χ1v) is 14.6. The molecule has 2 heterocycles. The average molecular weight is 567 g/mol. The van der Waals surface area contributed by atoms with Crippen LogP contribution in [0.15, 0.2) is 21.9 Å². The summed E-state index contributed by atoms with van der Waals surface area (Å²) in [6.07, 6.45) is -4.54. The number of alkyl halides is 1. The van der Waals surface area contributed by atoms with E-state index >= 15 is 4.39 Å². The van der Waals surface area contributed by atoms with Crippen LogP contribution < -0.4 is 11.2 Å². The van der Waals surface area contributed by atoms with Crippen molar-refractivity contribution in [2.24, 2.45) is 0 Å². The lowest BCUT2D eigenvalue weighted by molar-refractivity contribution is -0.165. The quantitative estimate of drug-likeness (QED) is 0.233. The maximum atomic E-state index is 15.9. The van der Waals surface area contributed by atoms with Crippen LogP contribution in [0.5, 0.6) is 0 Å². The fraction of sp³-hybridized carbons (Fsp3) is 0.773. The Kier molecular flexibility index (Phi) is 13.7. The molecule has 12 nitrogen and oxygen atoms in total. The van der Waals surface area contributed by atoms with E-state index < -0.39 is 52.9 Å². The Bertz CT molecular complexity index is 961. The van der Waals surface area contributed by atoms with Crippen molar-refractivity contribution >= 4 is 16.9 Å². The number of hydrogen-bond acceptors (Lipinski definition) is 10. The number of rotatable bonds is 16. The summed E-state index contributed by atoms with van der Waals surface area (Å²) in [5.74, 6) is 0. The van der Waals surface area contributed by atoms with Gasteiger partial charge in [-0.15, -0.1) is 0 Å². The van der Waals surface area contributed by atoms with Gasteiger partial charge in [0.25, 0.3) is 14.1 Å². The third-order valence-corrected chi connectivity index (χ3v) is 8.60. The van der Waals surface area contributed by atoms with Crippen LogP contribution >= 0.6 is 16.9 Å². The van der Waals surface area contributed by atoms with Gasteiger partial charge in [-0.25, -0.2) is 13.9 Å². The largest absolute Gasteiger partial charge is 0.340 e. The Balaban J connectivity index is 2.37. The smallest absolute Gasteiger partial charge is 0.330 e. The lowest BCUT2D eigenvalue weighted by atomic mass is 10.2. The van der Waals surface area contributed by atoms with Crippen LogP contribution in [-0.2, 0) is 27.6 Å². The predicted octanol–water partition coefficient (Wildman–Crippen LogP) is 3.75. The van der Waals surface area contributed by atoms with Gasteiger partial charge in [-0.05, 0) is 41.5 Å². The van der Waals surface area contributed by atoms with Crippen molar-refractivity contribution in [3.8, 4) is 6.07 Å². The topological polar surface area (TPSA) is 137 Å². The third-order valence-electron chi connectivity index (χ3n) is 5.02. The molecule has 0 saturated carbocycles. The van der Waals surface area contributed by atoms with E-state index in [0.29, 0.717) is 13.2 Å². The summed E-state index contributed by atoms with van der Waals surface area (Å²) in [4.78, 5) is 26.0. The third kappa shape index (κ3) is 9.13. The number of H-pyrrole nitrogens is 1. The summed E-state index contributed by atoms with van der Waals surface area (Å²) in [5.41, 5.74) is -1.45. The van der Waals surface area contributed by atoms with Crippen LogP contribution in [0.2, 0.25) is 0 Å². The van der Waals surface area contributed by atoms with Crippen LogP contribution in [0.25, 0.3) is 0 Å². The van der Waals surface area contributed by atoms with Crippen molar-refractivity contribution in [1.29, 1.82) is 5.26 Å². The van der Waals surface area contributed by atoms with Gasteiger partial charge in [-0.2, -0.15) is 5.26 Å². The molecule has 5 atom stereocenters. The van der Waals surface area contributed by atoms with Gasteiger partial charge >= 0.3 is 5.69 Å². The second-order valence-electron chi connectivity index (χ2n) is 8.44. The maximum Gasteiger partial charge on any atom is 0.330 e. The van der Waals surface area contributed by atoms with Gasteiger partial charge in [0, 0.05) is 24.3 Å². The first kappa shape index (κ1) is 31.9. The molecule has 2 rings (SSSR count). The number of halogens is 1. The van der Waals surface area contributed by atoms with E-state index in [0.717, 1.165) is 16.8 Å². The van der Waals surface area contributed by atoms with Crippen molar-refractivity contribution in [2.45, 2.75) is 84.8 Å². The van der Waals surface area contributed by atoms with Gasteiger partial charge in [0.05, 0.1) is 32.3 Å². The van der Waals surface area contributed by atoms with E-state index in [4.69, 9.17) is 32.8 Å². The van der Waals surface area contributed by atoms with Crippen molar-refractivity contribution in [2.75, 3.05) is 26.2 Å². The number of aromatic amines is 1. The monoisotopic (exact) mass is 566 g/mol. The SMILES string of the molecule is CCOP(COC1OC(n2ccc(=O)[nH]c2=O)C(F)C1OP(OCCC#N)N(C(C)C)C(C)C)OCC. The van der Waals surface area contributed by atoms with Crippen molar-refractivity contribution in [3.63, 3.8) is 0 Å². The molecule has 1 aromatic rings. The molecule has 0 aliphatic carbocycles. The van der Waals surface area contributed by atoms with Gasteiger partial charge in [0.15, 0.2) is 33.2 Å². The van der Waals surface area contributed by atoms with E-state index in [9.17, 15) is 9.59 Å². The van der Waals surface area contributed by atoms with Crippen LogP contribution in [-0.4, -0.2) is 71.0 Å². The number of nitriles is 1. The molecule has 210 valence electrons. The maximum absolute atomic E-state index is 15.9. The minimum Gasteiger partial charge on any atom is -0.340 e. The molecule has 1 aromatic heterocycles. The summed E-state index contributed by atoms with van der Waals surface area (Å²) >= 11 is 0. The minimum atomic E-state index is -1.86. The van der Waals surface area contributed by atoms with Gasteiger partial charge in [-0.3, -0.25) is 14.3 Å². The van der Waals surface area contributed by atoms with Gasteiger partial charge in [-0.1, -0.05) is 0 Å². The molecule has 15 heteroatoms. The molecule has 1 aliphatic heterocycles. The zero-order chi connectivity index (χ0) is 27.5. The van der Waals surface area contributed by atoms with Crippen LogP contribution in [0.3, 0.4) is 0 Å². The van der Waals surface area contributed by atoms with Crippen LogP contribution in [0.1, 0.15) is 54.2 Å². The fourth-order valence-electron chi connectivity index (χ4n) is 3.62. The molecular weight excluding hydrogens is 529 g/mol. The Labute approximate surface area is 218 Å². The fourth-order valence-corrected chi connectivity index (χ4v) is 6.42. The van der Waals surface area contributed by atoms with Gasteiger partial charge in [0.1, 0.15) is 6.35 Å². The molecular formula is C22H37FN4O8P2. The molecule has 1 saturated heterocycles. The molecule has 0 radical (unpaired) electrons. The first-order valence-electron chi connectivity index (χ1n) is 12.1. The Morgan fingerprint density at radius 3 is 2.38 bits per heavy atom. The highest BCUT2D eigenvalue weighted by Gasteiger charge is 2.50. The Morgan fingerprint density at radius 2 is 1.84 bits per heavy atom. The van der Waals surface area contributed by atoms with E-state index in [1.54, 1.807) is 0 Å². The highest BCUT2D eigenvalue weighted by Crippen LogP contribution is 2.51. The number of aromatic nitrogens is 2. The zero-order valence-corrected chi connectivity index (χ0v) is 23.8. The van der Waals surface area contributed by atoms with Crippen molar-refractivity contribution in [3.05, 3.63) is 33.1 Å². The molecule has 0 aromatic carbocycles. The number of hydrogen-bond donors (Lipinski definition) is 1.